The molecule has 1 aromatic heterocycles. The Balaban J connectivity index is 1.55. The summed E-state index contributed by atoms with van der Waals surface area (Å²) in [6, 6.07) is 1.11. The number of nitrogens with zero attached hydrogens (tertiary/aromatic N) is 2. The fourth-order valence-corrected chi connectivity index (χ4v) is 4.62. The molecule has 3 unspecified atom stereocenters. The molecule has 0 spiro atoms. The Morgan fingerprint density at radius 2 is 1.96 bits per heavy atom. The van der Waals surface area contributed by atoms with Gasteiger partial charge in [-0.2, -0.15) is 0 Å². The van der Waals surface area contributed by atoms with Crippen LogP contribution in [0.1, 0.15) is 31.7 Å². The van der Waals surface area contributed by atoms with Gasteiger partial charge < -0.3 is 14.8 Å². The average Bonchev–Trinajstić information content (AvgIpc) is 3.06. The summed E-state index contributed by atoms with van der Waals surface area (Å²) >= 11 is 0. The molecule has 8 heteroatoms. The van der Waals surface area contributed by atoms with Crippen LogP contribution >= 0.6 is 0 Å². The molecular formula is C19H20F2N4O2. The fourth-order valence-electron chi connectivity index (χ4n) is 4.62. The third kappa shape index (κ3) is 2.62. The number of hydrogen-bond acceptors (Lipinski definition) is 4. The second-order valence-electron chi connectivity index (χ2n) is 7.68. The van der Waals surface area contributed by atoms with Gasteiger partial charge in [0.25, 0.3) is 0 Å². The number of imide groups is 1. The molecule has 4 saturated heterocycles. The third-order valence-corrected chi connectivity index (χ3v) is 6.04. The molecule has 2 bridgehead atoms. The van der Waals surface area contributed by atoms with Crippen molar-refractivity contribution in [3.8, 4) is 0 Å². The molecule has 3 atom stereocenters. The Morgan fingerprint density at radius 1 is 1.11 bits per heavy atom. The van der Waals surface area contributed by atoms with Crippen molar-refractivity contribution in [1.82, 2.24) is 15.2 Å². The lowest BCUT2D eigenvalue weighted by Crippen LogP contribution is -2.61. The highest BCUT2D eigenvalue weighted by Gasteiger charge is 2.37. The standard InChI is InChI=1S/C19H20F2N4O2/c20-14-5-10-7-24(15-3-4-16(26)23-19(15)27)9-13(10)17(21)18(14)25-8-11-1-2-12(25)6-22-11/h5,7,9,11-12,15,22H,1-4,6,8H2,(H,23,26,27). The summed E-state index contributed by atoms with van der Waals surface area (Å²) in [5.41, 5.74) is 0.0275. The number of benzene rings is 1. The van der Waals surface area contributed by atoms with Crippen molar-refractivity contribution in [3.63, 3.8) is 0 Å². The lowest BCUT2D eigenvalue weighted by atomic mass is 9.92. The van der Waals surface area contributed by atoms with E-state index in [1.54, 1.807) is 17.0 Å². The van der Waals surface area contributed by atoms with Crippen molar-refractivity contribution in [3.05, 3.63) is 30.1 Å². The molecule has 0 radical (unpaired) electrons. The van der Waals surface area contributed by atoms with Gasteiger partial charge in [0.2, 0.25) is 11.8 Å². The molecule has 2 amide bonds. The van der Waals surface area contributed by atoms with Gasteiger partial charge in [-0.25, -0.2) is 8.78 Å². The third-order valence-electron chi connectivity index (χ3n) is 6.04. The van der Waals surface area contributed by atoms with Crippen LogP contribution in [0.3, 0.4) is 0 Å². The van der Waals surface area contributed by atoms with Gasteiger partial charge in [0, 0.05) is 54.8 Å². The number of piperazine rings is 1. The summed E-state index contributed by atoms with van der Waals surface area (Å²) in [5, 5.41) is 6.40. The molecule has 142 valence electrons. The number of piperidine rings is 3. The Morgan fingerprint density at radius 3 is 2.63 bits per heavy atom. The van der Waals surface area contributed by atoms with Crippen LogP contribution in [0.15, 0.2) is 18.5 Å². The summed E-state index contributed by atoms with van der Waals surface area (Å²) in [6.07, 6.45) is 5.66. The molecule has 4 aliphatic heterocycles. The predicted molar refractivity (Wildman–Crippen MR) is 95.4 cm³/mol. The maximum absolute atomic E-state index is 15.3. The smallest absolute Gasteiger partial charge is 0.249 e. The molecule has 5 heterocycles. The molecule has 6 nitrogen and oxygen atoms in total. The van der Waals surface area contributed by atoms with Crippen LogP contribution in [0.2, 0.25) is 0 Å². The van der Waals surface area contributed by atoms with E-state index in [9.17, 15) is 14.0 Å². The number of nitrogens with one attached hydrogen (secondary N) is 2. The zero-order valence-electron chi connectivity index (χ0n) is 14.7. The summed E-state index contributed by atoms with van der Waals surface area (Å²) in [5.74, 6) is -1.87. The monoisotopic (exact) mass is 374 g/mol. The number of anilines is 1. The van der Waals surface area contributed by atoms with E-state index in [4.69, 9.17) is 0 Å². The van der Waals surface area contributed by atoms with E-state index in [0.717, 1.165) is 19.4 Å². The van der Waals surface area contributed by atoms with Crippen LogP contribution in [0.5, 0.6) is 0 Å². The van der Waals surface area contributed by atoms with Crippen LogP contribution < -0.4 is 15.5 Å². The second-order valence-corrected chi connectivity index (χ2v) is 7.68. The first-order chi connectivity index (χ1) is 13.0. The largest absolute Gasteiger partial charge is 0.361 e. The zero-order valence-corrected chi connectivity index (χ0v) is 14.7. The first-order valence-corrected chi connectivity index (χ1v) is 9.34. The van der Waals surface area contributed by atoms with Crippen LogP contribution in [0.4, 0.5) is 14.5 Å². The molecule has 2 aromatic rings. The minimum Gasteiger partial charge on any atom is -0.361 e. The van der Waals surface area contributed by atoms with Crippen molar-refractivity contribution >= 4 is 28.3 Å². The van der Waals surface area contributed by atoms with Gasteiger partial charge in [-0.3, -0.25) is 14.9 Å². The van der Waals surface area contributed by atoms with Gasteiger partial charge in [0.05, 0.1) is 0 Å². The molecule has 4 fully saturated rings. The van der Waals surface area contributed by atoms with E-state index in [1.807, 2.05) is 4.90 Å². The van der Waals surface area contributed by atoms with Gasteiger partial charge in [-0.1, -0.05) is 0 Å². The zero-order chi connectivity index (χ0) is 18.7. The molecule has 0 aliphatic carbocycles. The van der Waals surface area contributed by atoms with Gasteiger partial charge in [0.15, 0.2) is 5.82 Å². The van der Waals surface area contributed by atoms with Crippen LogP contribution in [-0.2, 0) is 9.59 Å². The SMILES string of the molecule is O=C1CCC(n2cc3cc(F)c(N4CC5CCC4CN5)c(F)c3c2)C(=O)N1. The number of halogens is 2. The second kappa shape index (κ2) is 6.02. The number of aromatic nitrogens is 1. The number of amides is 2. The first-order valence-electron chi connectivity index (χ1n) is 9.34. The van der Waals surface area contributed by atoms with Gasteiger partial charge >= 0.3 is 0 Å². The van der Waals surface area contributed by atoms with E-state index in [2.05, 4.69) is 10.6 Å². The maximum atomic E-state index is 15.3. The van der Waals surface area contributed by atoms with E-state index in [1.165, 1.54) is 6.07 Å². The number of fused-ring (bicyclic) bond motifs is 4. The normalized spacial score (nSPS) is 28.1. The molecule has 27 heavy (non-hydrogen) atoms. The number of rotatable bonds is 2. The van der Waals surface area contributed by atoms with Crippen LogP contribution in [0.25, 0.3) is 10.8 Å². The fraction of sp³-hybridized carbons (Fsp3) is 0.474. The van der Waals surface area contributed by atoms with Gasteiger partial charge in [-0.05, 0) is 25.3 Å². The Hall–Kier alpha value is -2.48. The molecular weight excluding hydrogens is 354 g/mol. The van der Waals surface area contributed by atoms with E-state index >= 15 is 4.39 Å². The molecule has 1 aromatic carbocycles. The van der Waals surface area contributed by atoms with Crippen molar-refractivity contribution in [2.75, 3.05) is 18.0 Å². The molecule has 6 rings (SSSR count). The topological polar surface area (TPSA) is 66.4 Å². The van der Waals surface area contributed by atoms with Crippen molar-refractivity contribution < 1.29 is 18.4 Å². The summed E-state index contributed by atoms with van der Waals surface area (Å²) < 4.78 is 31.7. The number of carbonyl (C=O) groups is 2. The van der Waals surface area contributed by atoms with Crippen LogP contribution in [0, 0.1) is 11.6 Å². The summed E-state index contributed by atoms with van der Waals surface area (Å²) in [7, 11) is 0. The maximum Gasteiger partial charge on any atom is 0.249 e. The van der Waals surface area contributed by atoms with E-state index in [-0.39, 0.29) is 30.1 Å². The summed E-state index contributed by atoms with van der Waals surface area (Å²) in [6.45, 7) is 1.33. The van der Waals surface area contributed by atoms with Crippen molar-refractivity contribution in [2.24, 2.45) is 0 Å². The highest BCUT2D eigenvalue weighted by atomic mass is 19.1. The van der Waals surface area contributed by atoms with Crippen LogP contribution in [-0.4, -0.2) is 41.6 Å². The lowest BCUT2D eigenvalue weighted by molar-refractivity contribution is -0.135. The quantitative estimate of drug-likeness (QED) is 0.788. The molecule has 2 N–H and O–H groups in total. The van der Waals surface area contributed by atoms with Gasteiger partial charge in [-0.15, -0.1) is 0 Å². The van der Waals surface area contributed by atoms with Crippen molar-refractivity contribution in [2.45, 2.75) is 43.8 Å². The highest BCUT2D eigenvalue weighted by Crippen LogP contribution is 2.37. The first kappa shape index (κ1) is 16.7. The lowest BCUT2D eigenvalue weighted by Gasteiger charge is -2.47. The highest BCUT2D eigenvalue weighted by molar-refractivity contribution is 6.00. The van der Waals surface area contributed by atoms with E-state index < -0.39 is 23.6 Å². The Labute approximate surface area is 154 Å². The number of hydrogen-bond donors (Lipinski definition) is 2. The predicted octanol–water partition coefficient (Wildman–Crippen LogP) is 1.84. The Kier molecular flexibility index (Phi) is 3.72. The Bertz CT molecular complexity index is 949. The average molecular weight is 374 g/mol. The van der Waals surface area contributed by atoms with Gasteiger partial charge in [0.1, 0.15) is 17.5 Å². The summed E-state index contributed by atoms with van der Waals surface area (Å²) in [4.78, 5) is 25.3. The van der Waals surface area contributed by atoms with Crippen molar-refractivity contribution in [1.29, 1.82) is 0 Å². The minimum absolute atomic E-state index is 0.0275. The molecule has 4 aliphatic rings. The molecule has 0 saturated carbocycles. The minimum atomic E-state index is -0.587. The number of carbonyl (C=O) groups excluding carboxylic acids is 2. The van der Waals surface area contributed by atoms with E-state index in [0.29, 0.717) is 23.7 Å².